The van der Waals surface area contributed by atoms with E-state index in [2.05, 4.69) is 5.32 Å². The summed E-state index contributed by atoms with van der Waals surface area (Å²) < 4.78 is 15.5. The number of benzene rings is 2. The van der Waals surface area contributed by atoms with Crippen molar-refractivity contribution >= 4 is 29.6 Å². The first-order valence-electron chi connectivity index (χ1n) is 8.26. The highest BCUT2D eigenvalue weighted by Crippen LogP contribution is 2.29. The molecule has 3 rings (SSSR count). The summed E-state index contributed by atoms with van der Waals surface area (Å²) >= 11 is 0. The summed E-state index contributed by atoms with van der Waals surface area (Å²) in [7, 11) is 4.48. The predicted octanol–water partition coefficient (Wildman–Crippen LogP) is 2.38. The molecule has 1 saturated heterocycles. The molecule has 4 amide bonds. The fourth-order valence-corrected chi connectivity index (χ4v) is 2.73. The van der Waals surface area contributed by atoms with Crippen LogP contribution in [0.15, 0.2) is 48.0 Å². The second-order valence-corrected chi connectivity index (χ2v) is 5.76. The maximum absolute atomic E-state index is 12.9. The van der Waals surface area contributed by atoms with E-state index >= 15 is 0 Å². The summed E-state index contributed by atoms with van der Waals surface area (Å²) in [5.74, 6) is 0.0104. The number of carbonyl (C=O) groups excluding carboxylic acids is 3. The molecule has 2 aromatic carbocycles. The number of nitrogens with zero attached hydrogens (tertiary/aromatic N) is 1. The van der Waals surface area contributed by atoms with Crippen molar-refractivity contribution in [2.24, 2.45) is 0 Å². The summed E-state index contributed by atoms with van der Waals surface area (Å²) in [6, 6.07) is 10.5. The summed E-state index contributed by atoms with van der Waals surface area (Å²) in [5.41, 5.74) is 0.561. The number of carbonyl (C=O) groups is 3. The number of ether oxygens (including phenoxy) is 3. The molecule has 0 atom stereocenters. The van der Waals surface area contributed by atoms with E-state index in [1.807, 2.05) is 0 Å². The van der Waals surface area contributed by atoms with Crippen LogP contribution in [0, 0.1) is 0 Å². The Morgan fingerprint density at radius 2 is 1.50 bits per heavy atom. The maximum Gasteiger partial charge on any atom is 0.335 e. The zero-order valence-electron chi connectivity index (χ0n) is 15.5. The van der Waals surface area contributed by atoms with Gasteiger partial charge in [-0.1, -0.05) is 0 Å². The largest absolute Gasteiger partial charge is 0.497 e. The van der Waals surface area contributed by atoms with Gasteiger partial charge in [0.1, 0.15) is 22.8 Å². The van der Waals surface area contributed by atoms with Gasteiger partial charge < -0.3 is 14.2 Å². The Morgan fingerprint density at radius 3 is 2.11 bits per heavy atom. The van der Waals surface area contributed by atoms with Crippen LogP contribution >= 0.6 is 0 Å². The number of urea groups is 1. The molecule has 8 nitrogen and oxygen atoms in total. The van der Waals surface area contributed by atoms with Crippen LogP contribution in [0.4, 0.5) is 10.5 Å². The van der Waals surface area contributed by atoms with E-state index in [0.29, 0.717) is 28.5 Å². The number of methoxy groups -OCH3 is 3. The molecule has 144 valence electrons. The topological polar surface area (TPSA) is 94.2 Å². The number of hydrogen-bond acceptors (Lipinski definition) is 6. The first-order valence-corrected chi connectivity index (χ1v) is 8.26. The Labute approximate surface area is 161 Å². The molecule has 8 heteroatoms. The van der Waals surface area contributed by atoms with Crippen molar-refractivity contribution in [1.29, 1.82) is 0 Å². The molecule has 0 bridgehead atoms. The number of anilines is 1. The van der Waals surface area contributed by atoms with Crippen LogP contribution in [0.1, 0.15) is 5.56 Å². The van der Waals surface area contributed by atoms with Crippen LogP contribution in [0.2, 0.25) is 0 Å². The standard InChI is InChI=1S/C20H18N2O6/c1-26-14-6-4-13(5-7-14)22-19(24)16(18(23)21-20(22)25)11-12-10-15(27-2)8-9-17(12)28-3/h4-11H,1-3H3,(H,21,23,25). The molecular formula is C20H18N2O6. The number of amides is 4. The van der Waals surface area contributed by atoms with Gasteiger partial charge in [-0.15, -0.1) is 0 Å². The first kappa shape index (κ1) is 19.0. The third-order valence-corrected chi connectivity index (χ3v) is 4.17. The minimum absolute atomic E-state index is 0.207. The molecule has 0 aromatic heterocycles. The van der Waals surface area contributed by atoms with E-state index in [1.54, 1.807) is 42.5 Å². The lowest BCUT2D eigenvalue weighted by atomic mass is 10.1. The number of rotatable bonds is 5. The quantitative estimate of drug-likeness (QED) is 0.630. The van der Waals surface area contributed by atoms with E-state index < -0.39 is 17.8 Å². The van der Waals surface area contributed by atoms with Crippen molar-refractivity contribution in [2.45, 2.75) is 0 Å². The predicted molar refractivity (Wildman–Crippen MR) is 102 cm³/mol. The summed E-state index contributed by atoms with van der Waals surface area (Å²) in [6.07, 6.45) is 1.36. The van der Waals surface area contributed by atoms with E-state index in [4.69, 9.17) is 14.2 Å². The SMILES string of the molecule is COc1ccc(N2C(=O)NC(=O)C(=Cc3cc(OC)ccc3OC)C2=O)cc1. The zero-order chi connectivity index (χ0) is 20.3. The van der Waals surface area contributed by atoms with Crippen LogP contribution in [0.25, 0.3) is 6.08 Å². The minimum Gasteiger partial charge on any atom is -0.497 e. The third kappa shape index (κ3) is 3.52. The van der Waals surface area contributed by atoms with Crippen molar-refractivity contribution in [3.8, 4) is 17.2 Å². The third-order valence-electron chi connectivity index (χ3n) is 4.17. The van der Waals surface area contributed by atoms with Crippen LogP contribution < -0.4 is 24.4 Å². The van der Waals surface area contributed by atoms with Gasteiger partial charge in [-0.2, -0.15) is 0 Å². The van der Waals surface area contributed by atoms with Gasteiger partial charge in [-0.05, 0) is 48.5 Å². The van der Waals surface area contributed by atoms with Crippen LogP contribution in [0.3, 0.4) is 0 Å². The molecule has 2 aromatic rings. The Bertz CT molecular complexity index is 965. The maximum atomic E-state index is 12.9. The van der Waals surface area contributed by atoms with Gasteiger partial charge in [0.05, 0.1) is 27.0 Å². The fourth-order valence-electron chi connectivity index (χ4n) is 2.73. The number of nitrogens with one attached hydrogen (secondary N) is 1. The molecular weight excluding hydrogens is 364 g/mol. The average Bonchev–Trinajstić information content (AvgIpc) is 2.71. The van der Waals surface area contributed by atoms with Crippen molar-refractivity contribution in [3.05, 3.63) is 53.6 Å². The van der Waals surface area contributed by atoms with Crippen molar-refractivity contribution in [2.75, 3.05) is 26.2 Å². The van der Waals surface area contributed by atoms with Gasteiger partial charge in [0, 0.05) is 5.56 Å². The minimum atomic E-state index is -0.824. The highest BCUT2D eigenvalue weighted by atomic mass is 16.5. The lowest BCUT2D eigenvalue weighted by molar-refractivity contribution is -0.122. The highest BCUT2D eigenvalue weighted by molar-refractivity contribution is 6.39. The monoisotopic (exact) mass is 382 g/mol. The summed E-state index contributed by atoms with van der Waals surface area (Å²) in [4.78, 5) is 38.4. The Balaban J connectivity index is 2.03. The molecule has 1 aliphatic heterocycles. The van der Waals surface area contributed by atoms with Gasteiger partial charge in [-0.3, -0.25) is 14.9 Å². The van der Waals surface area contributed by atoms with E-state index in [1.165, 1.54) is 27.4 Å². The number of hydrogen-bond donors (Lipinski definition) is 1. The van der Waals surface area contributed by atoms with Crippen molar-refractivity contribution < 1.29 is 28.6 Å². The summed E-state index contributed by atoms with van der Waals surface area (Å²) in [6.45, 7) is 0. The smallest absolute Gasteiger partial charge is 0.335 e. The molecule has 0 saturated carbocycles. The zero-order valence-corrected chi connectivity index (χ0v) is 15.5. The second kappa shape index (κ2) is 7.83. The van der Waals surface area contributed by atoms with Crippen LogP contribution in [-0.2, 0) is 9.59 Å². The molecule has 0 aliphatic carbocycles. The number of barbiturate groups is 1. The van der Waals surface area contributed by atoms with Crippen molar-refractivity contribution in [3.63, 3.8) is 0 Å². The van der Waals surface area contributed by atoms with E-state index in [9.17, 15) is 14.4 Å². The normalized spacial score (nSPS) is 15.5. The van der Waals surface area contributed by atoms with E-state index in [0.717, 1.165) is 4.90 Å². The Hall–Kier alpha value is -3.81. The van der Waals surface area contributed by atoms with Crippen LogP contribution in [-0.4, -0.2) is 39.2 Å². The second-order valence-electron chi connectivity index (χ2n) is 5.76. The molecule has 0 spiro atoms. The molecule has 1 fully saturated rings. The molecule has 1 aliphatic rings. The van der Waals surface area contributed by atoms with Gasteiger partial charge in [0.25, 0.3) is 11.8 Å². The molecule has 28 heavy (non-hydrogen) atoms. The molecule has 1 N–H and O–H groups in total. The summed E-state index contributed by atoms with van der Waals surface area (Å²) in [5, 5.41) is 2.18. The van der Waals surface area contributed by atoms with Gasteiger partial charge >= 0.3 is 6.03 Å². The Morgan fingerprint density at radius 1 is 0.857 bits per heavy atom. The van der Waals surface area contributed by atoms with Gasteiger partial charge in [0.2, 0.25) is 0 Å². The number of imide groups is 2. The molecule has 0 radical (unpaired) electrons. The Kier molecular flexibility index (Phi) is 5.30. The average molecular weight is 382 g/mol. The lowest BCUT2D eigenvalue weighted by Gasteiger charge is -2.26. The fraction of sp³-hybridized carbons (Fsp3) is 0.150. The molecule has 0 unspecified atom stereocenters. The van der Waals surface area contributed by atoms with Gasteiger partial charge in [-0.25, -0.2) is 9.69 Å². The van der Waals surface area contributed by atoms with Gasteiger partial charge in [0.15, 0.2) is 0 Å². The first-order chi connectivity index (χ1) is 13.5. The lowest BCUT2D eigenvalue weighted by Crippen LogP contribution is -2.54. The van der Waals surface area contributed by atoms with Crippen molar-refractivity contribution in [1.82, 2.24) is 5.32 Å². The van der Waals surface area contributed by atoms with E-state index in [-0.39, 0.29) is 5.57 Å². The highest BCUT2D eigenvalue weighted by Gasteiger charge is 2.37. The van der Waals surface area contributed by atoms with Crippen LogP contribution in [0.5, 0.6) is 17.2 Å². The molecule has 1 heterocycles.